The molecule has 106 valence electrons. The van der Waals surface area contributed by atoms with E-state index in [2.05, 4.69) is 4.72 Å². The van der Waals surface area contributed by atoms with Crippen LogP contribution in [-0.4, -0.2) is 13.5 Å². The highest BCUT2D eigenvalue weighted by Crippen LogP contribution is 2.26. The molecule has 2 aromatic carbocycles. The van der Waals surface area contributed by atoms with E-state index in [0.717, 1.165) is 0 Å². The number of anilines is 1. The number of aliphatic hydroxyl groups is 1. The fourth-order valence-electron chi connectivity index (χ4n) is 1.58. The zero-order valence-corrected chi connectivity index (χ0v) is 12.5. The molecular weight excluding hydrogens is 321 g/mol. The van der Waals surface area contributed by atoms with Crippen LogP contribution in [0, 0.1) is 0 Å². The molecule has 0 saturated carbocycles. The molecule has 0 radical (unpaired) electrons. The lowest BCUT2D eigenvalue weighted by atomic mass is 10.2. The smallest absolute Gasteiger partial charge is 0.263 e. The van der Waals surface area contributed by atoms with Gasteiger partial charge in [0.15, 0.2) is 0 Å². The second-order valence-corrected chi connectivity index (χ2v) is 6.53. The summed E-state index contributed by atoms with van der Waals surface area (Å²) in [5.41, 5.74) is 1.07. The van der Waals surface area contributed by atoms with E-state index in [1.54, 1.807) is 24.3 Å². The predicted molar refractivity (Wildman–Crippen MR) is 79.6 cm³/mol. The highest BCUT2D eigenvalue weighted by Gasteiger charge is 2.18. The van der Waals surface area contributed by atoms with Crippen LogP contribution in [0.1, 0.15) is 5.56 Å². The molecule has 2 N–H and O–H groups in total. The maximum Gasteiger partial charge on any atom is 0.263 e. The highest BCUT2D eigenvalue weighted by atomic mass is 35.5. The van der Waals surface area contributed by atoms with Crippen molar-refractivity contribution >= 4 is 38.9 Å². The molecule has 0 amide bonds. The van der Waals surface area contributed by atoms with Gasteiger partial charge in [-0.3, -0.25) is 4.72 Å². The molecule has 20 heavy (non-hydrogen) atoms. The molecule has 2 rings (SSSR count). The van der Waals surface area contributed by atoms with Crippen molar-refractivity contribution in [2.24, 2.45) is 0 Å². The normalized spacial score (nSPS) is 11.3. The number of hydrogen-bond donors (Lipinski definition) is 2. The van der Waals surface area contributed by atoms with E-state index in [0.29, 0.717) is 16.3 Å². The van der Waals surface area contributed by atoms with E-state index in [-0.39, 0.29) is 16.5 Å². The van der Waals surface area contributed by atoms with Crippen molar-refractivity contribution in [1.29, 1.82) is 0 Å². The molecule has 0 spiro atoms. The van der Waals surface area contributed by atoms with Gasteiger partial charge in [-0.15, -0.1) is 0 Å². The Kier molecular flexibility index (Phi) is 4.55. The number of halogens is 2. The number of nitrogens with one attached hydrogen (secondary N) is 1. The molecule has 0 atom stereocenters. The SMILES string of the molecule is O=S(=O)(Nc1ccc(CO)cc1)c1ccc(Cl)cc1Cl. The Labute approximate surface area is 127 Å². The average Bonchev–Trinajstić information content (AvgIpc) is 2.38. The predicted octanol–water partition coefficient (Wildman–Crippen LogP) is 3.29. The standard InChI is InChI=1S/C13H11Cl2NO3S/c14-10-3-6-13(12(15)7-10)20(18,19)16-11-4-1-9(8-17)2-5-11/h1-7,16-17H,8H2. The van der Waals surface area contributed by atoms with Crippen LogP contribution in [0.25, 0.3) is 0 Å². The first kappa shape index (κ1) is 15.1. The van der Waals surface area contributed by atoms with Crippen LogP contribution >= 0.6 is 23.2 Å². The Hall–Kier alpha value is -1.27. The van der Waals surface area contributed by atoms with Crippen LogP contribution in [-0.2, 0) is 16.6 Å². The third-order valence-electron chi connectivity index (χ3n) is 2.57. The van der Waals surface area contributed by atoms with Crippen molar-refractivity contribution in [1.82, 2.24) is 0 Å². The summed E-state index contributed by atoms with van der Waals surface area (Å²) in [6, 6.07) is 10.5. The lowest BCUT2D eigenvalue weighted by molar-refractivity contribution is 0.282. The van der Waals surface area contributed by atoms with Crippen LogP contribution in [0.3, 0.4) is 0 Å². The Morgan fingerprint density at radius 1 is 1.05 bits per heavy atom. The van der Waals surface area contributed by atoms with Crippen molar-refractivity contribution in [3.05, 3.63) is 58.1 Å². The summed E-state index contributed by atoms with van der Waals surface area (Å²) in [7, 11) is -3.78. The fourth-order valence-corrected chi connectivity index (χ4v) is 3.41. The van der Waals surface area contributed by atoms with Gasteiger partial charge in [0, 0.05) is 10.7 Å². The van der Waals surface area contributed by atoms with Gasteiger partial charge in [0.2, 0.25) is 0 Å². The van der Waals surface area contributed by atoms with Crippen LogP contribution in [0.15, 0.2) is 47.4 Å². The van der Waals surface area contributed by atoms with Gasteiger partial charge in [-0.1, -0.05) is 35.3 Å². The van der Waals surface area contributed by atoms with E-state index < -0.39 is 10.0 Å². The van der Waals surface area contributed by atoms with Gasteiger partial charge in [0.05, 0.1) is 11.6 Å². The zero-order valence-electron chi connectivity index (χ0n) is 10.2. The highest BCUT2D eigenvalue weighted by molar-refractivity contribution is 7.92. The molecule has 0 heterocycles. The largest absolute Gasteiger partial charge is 0.392 e. The van der Waals surface area contributed by atoms with Gasteiger partial charge in [0.1, 0.15) is 4.90 Å². The summed E-state index contributed by atoms with van der Waals surface area (Å²) in [5, 5.41) is 9.35. The summed E-state index contributed by atoms with van der Waals surface area (Å²) >= 11 is 11.6. The lowest BCUT2D eigenvalue weighted by Gasteiger charge is -2.10. The molecule has 4 nitrogen and oxygen atoms in total. The van der Waals surface area contributed by atoms with Gasteiger partial charge in [0.25, 0.3) is 10.0 Å². The minimum atomic E-state index is -3.78. The first-order valence-electron chi connectivity index (χ1n) is 5.60. The molecule has 0 aliphatic rings. The van der Waals surface area contributed by atoms with Gasteiger partial charge in [-0.25, -0.2) is 8.42 Å². The van der Waals surface area contributed by atoms with Crippen LogP contribution < -0.4 is 4.72 Å². The number of benzene rings is 2. The van der Waals surface area contributed by atoms with Crippen molar-refractivity contribution in [2.75, 3.05) is 4.72 Å². The molecule has 0 saturated heterocycles. The van der Waals surface area contributed by atoms with Crippen molar-refractivity contribution in [3.8, 4) is 0 Å². The molecule has 0 aromatic heterocycles. The van der Waals surface area contributed by atoms with Gasteiger partial charge >= 0.3 is 0 Å². The van der Waals surface area contributed by atoms with Crippen LogP contribution in [0.2, 0.25) is 10.0 Å². The van der Waals surface area contributed by atoms with E-state index in [4.69, 9.17) is 28.3 Å². The van der Waals surface area contributed by atoms with Gasteiger partial charge < -0.3 is 5.11 Å². The minimum Gasteiger partial charge on any atom is -0.392 e. The topological polar surface area (TPSA) is 66.4 Å². The average molecular weight is 332 g/mol. The number of sulfonamides is 1. The Balaban J connectivity index is 2.30. The summed E-state index contributed by atoms with van der Waals surface area (Å²) < 4.78 is 26.8. The monoisotopic (exact) mass is 331 g/mol. The lowest BCUT2D eigenvalue weighted by Crippen LogP contribution is -2.13. The third-order valence-corrected chi connectivity index (χ3v) is 4.67. The van der Waals surface area contributed by atoms with Crippen LogP contribution in [0.5, 0.6) is 0 Å². The molecule has 0 bridgehead atoms. The summed E-state index contributed by atoms with van der Waals surface area (Å²) in [6.45, 7) is -0.101. The Bertz CT molecular complexity index is 715. The summed E-state index contributed by atoms with van der Waals surface area (Å²) in [4.78, 5) is -0.0465. The minimum absolute atomic E-state index is 0.0465. The van der Waals surface area contributed by atoms with Crippen molar-refractivity contribution in [2.45, 2.75) is 11.5 Å². The summed E-state index contributed by atoms with van der Waals surface area (Å²) in [6.07, 6.45) is 0. The quantitative estimate of drug-likeness (QED) is 0.903. The van der Waals surface area contributed by atoms with E-state index >= 15 is 0 Å². The van der Waals surface area contributed by atoms with E-state index in [9.17, 15) is 8.42 Å². The molecule has 0 fully saturated rings. The molecule has 0 unspecified atom stereocenters. The zero-order chi connectivity index (χ0) is 14.8. The maximum atomic E-state index is 12.2. The summed E-state index contributed by atoms with van der Waals surface area (Å²) in [5.74, 6) is 0. The fraction of sp³-hybridized carbons (Fsp3) is 0.0769. The molecule has 0 aliphatic heterocycles. The Morgan fingerprint density at radius 2 is 1.70 bits per heavy atom. The number of hydrogen-bond acceptors (Lipinski definition) is 3. The molecule has 2 aromatic rings. The third kappa shape index (κ3) is 3.43. The first-order valence-corrected chi connectivity index (χ1v) is 7.84. The number of aliphatic hydroxyl groups excluding tert-OH is 1. The van der Waals surface area contributed by atoms with Gasteiger partial charge in [-0.05, 0) is 35.9 Å². The second-order valence-electron chi connectivity index (χ2n) is 4.04. The van der Waals surface area contributed by atoms with E-state index in [1.165, 1.54) is 18.2 Å². The molecule has 7 heteroatoms. The molecular formula is C13H11Cl2NO3S. The Morgan fingerprint density at radius 3 is 2.25 bits per heavy atom. The number of rotatable bonds is 4. The first-order chi connectivity index (χ1) is 9.42. The maximum absolute atomic E-state index is 12.2. The second kappa shape index (κ2) is 6.01. The van der Waals surface area contributed by atoms with Gasteiger partial charge in [-0.2, -0.15) is 0 Å². The van der Waals surface area contributed by atoms with Crippen LogP contribution in [0.4, 0.5) is 5.69 Å². The van der Waals surface area contributed by atoms with Crippen molar-refractivity contribution in [3.63, 3.8) is 0 Å². The van der Waals surface area contributed by atoms with E-state index in [1.807, 2.05) is 0 Å². The van der Waals surface area contributed by atoms with Crippen molar-refractivity contribution < 1.29 is 13.5 Å². The molecule has 0 aliphatic carbocycles.